The van der Waals surface area contributed by atoms with Crippen molar-refractivity contribution in [2.45, 2.75) is 32.4 Å². The Hall–Kier alpha value is -1.80. The van der Waals surface area contributed by atoms with E-state index in [1.54, 1.807) is 0 Å². The van der Waals surface area contributed by atoms with Crippen LogP contribution < -0.4 is 5.32 Å². The van der Waals surface area contributed by atoms with Crippen molar-refractivity contribution in [2.24, 2.45) is 0 Å². The summed E-state index contributed by atoms with van der Waals surface area (Å²) in [4.78, 5) is 0. The van der Waals surface area contributed by atoms with E-state index < -0.39 is 0 Å². The van der Waals surface area contributed by atoms with Gasteiger partial charge in [-0.1, -0.05) is 55.5 Å². The third kappa shape index (κ3) is 3.36. The molecule has 0 radical (unpaired) electrons. The molecule has 2 nitrogen and oxygen atoms in total. The quantitative estimate of drug-likeness (QED) is 0.852. The summed E-state index contributed by atoms with van der Waals surface area (Å²) in [6, 6.07) is 18.7. The Morgan fingerprint density at radius 2 is 1.58 bits per heavy atom. The number of nitrogens with one attached hydrogen (secondary N) is 1. The molecule has 0 spiro atoms. The molecule has 2 rings (SSSR count). The lowest BCUT2D eigenvalue weighted by molar-refractivity contribution is 0.282. The Morgan fingerprint density at radius 3 is 2.26 bits per heavy atom. The van der Waals surface area contributed by atoms with Crippen LogP contribution in [0.25, 0.3) is 0 Å². The van der Waals surface area contributed by atoms with Gasteiger partial charge in [0.15, 0.2) is 0 Å². The second-order valence-corrected chi connectivity index (χ2v) is 4.95. The average molecular weight is 255 g/mol. The Bertz CT molecular complexity index is 510. The first-order valence-corrected chi connectivity index (χ1v) is 6.72. The molecule has 0 aliphatic rings. The standard InChI is InChI=1S/C17H21NO/c1-13(15-8-4-3-5-9-15)14(2)18-17-11-7-6-10-16(17)12-19/h3-11,13-14,18-19H,12H2,1-2H3. The number of hydrogen-bond donors (Lipinski definition) is 2. The summed E-state index contributed by atoms with van der Waals surface area (Å²) in [7, 11) is 0. The van der Waals surface area contributed by atoms with E-state index in [1.807, 2.05) is 30.3 Å². The Kier molecular flexibility index (Phi) is 4.58. The van der Waals surface area contributed by atoms with Crippen LogP contribution in [0.1, 0.15) is 30.9 Å². The van der Waals surface area contributed by atoms with Gasteiger partial charge in [-0.3, -0.25) is 0 Å². The van der Waals surface area contributed by atoms with Crippen molar-refractivity contribution in [1.29, 1.82) is 0 Å². The molecule has 0 saturated heterocycles. The molecule has 0 fully saturated rings. The van der Waals surface area contributed by atoms with E-state index in [4.69, 9.17) is 0 Å². The molecule has 19 heavy (non-hydrogen) atoms. The van der Waals surface area contributed by atoms with Crippen LogP contribution in [0.3, 0.4) is 0 Å². The van der Waals surface area contributed by atoms with Gasteiger partial charge < -0.3 is 10.4 Å². The molecule has 2 heteroatoms. The van der Waals surface area contributed by atoms with Crippen LogP contribution in [0.15, 0.2) is 54.6 Å². The largest absolute Gasteiger partial charge is 0.392 e. The topological polar surface area (TPSA) is 32.3 Å². The summed E-state index contributed by atoms with van der Waals surface area (Å²) in [6.07, 6.45) is 0. The fourth-order valence-electron chi connectivity index (χ4n) is 2.21. The van der Waals surface area contributed by atoms with E-state index in [1.165, 1.54) is 5.56 Å². The van der Waals surface area contributed by atoms with E-state index in [-0.39, 0.29) is 6.61 Å². The second kappa shape index (κ2) is 6.39. The fraction of sp³-hybridized carbons (Fsp3) is 0.294. The van der Waals surface area contributed by atoms with E-state index >= 15 is 0 Å². The molecule has 0 aliphatic heterocycles. The zero-order valence-electron chi connectivity index (χ0n) is 11.5. The van der Waals surface area contributed by atoms with Crippen molar-refractivity contribution in [2.75, 3.05) is 5.32 Å². The lowest BCUT2D eigenvalue weighted by atomic mass is 9.94. The van der Waals surface area contributed by atoms with Gasteiger partial charge in [0.25, 0.3) is 0 Å². The van der Waals surface area contributed by atoms with Crippen LogP contribution in [0, 0.1) is 0 Å². The minimum absolute atomic E-state index is 0.0651. The van der Waals surface area contributed by atoms with E-state index in [0.717, 1.165) is 11.3 Å². The number of aliphatic hydroxyl groups is 1. The molecule has 2 unspecified atom stereocenters. The number of rotatable bonds is 5. The molecule has 2 atom stereocenters. The average Bonchev–Trinajstić information content (AvgIpc) is 2.48. The van der Waals surface area contributed by atoms with Crippen LogP contribution >= 0.6 is 0 Å². The van der Waals surface area contributed by atoms with E-state index in [2.05, 4.69) is 43.4 Å². The first kappa shape index (κ1) is 13.6. The molecule has 0 bridgehead atoms. The zero-order chi connectivity index (χ0) is 13.7. The summed E-state index contributed by atoms with van der Waals surface area (Å²) in [6.45, 7) is 4.45. The van der Waals surface area contributed by atoms with Gasteiger partial charge in [-0.25, -0.2) is 0 Å². The molecular weight excluding hydrogens is 234 g/mol. The van der Waals surface area contributed by atoms with Crippen molar-refractivity contribution < 1.29 is 5.11 Å². The number of para-hydroxylation sites is 1. The second-order valence-electron chi connectivity index (χ2n) is 4.95. The van der Waals surface area contributed by atoms with Crippen LogP contribution in [0.2, 0.25) is 0 Å². The summed E-state index contributed by atoms with van der Waals surface area (Å²) in [5, 5.41) is 12.8. The highest BCUT2D eigenvalue weighted by Gasteiger charge is 2.14. The molecule has 2 aromatic carbocycles. The molecule has 2 aromatic rings. The highest BCUT2D eigenvalue weighted by Crippen LogP contribution is 2.23. The van der Waals surface area contributed by atoms with E-state index in [9.17, 15) is 5.11 Å². The van der Waals surface area contributed by atoms with Gasteiger partial charge in [-0.15, -0.1) is 0 Å². The predicted molar refractivity (Wildman–Crippen MR) is 80.3 cm³/mol. The molecule has 2 N–H and O–H groups in total. The highest BCUT2D eigenvalue weighted by atomic mass is 16.3. The predicted octanol–water partition coefficient (Wildman–Crippen LogP) is 3.78. The molecule has 0 heterocycles. The third-order valence-corrected chi connectivity index (χ3v) is 3.65. The minimum Gasteiger partial charge on any atom is -0.392 e. The van der Waals surface area contributed by atoms with Gasteiger partial charge in [0.05, 0.1) is 6.61 Å². The minimum atomic E-state index is 0.0651. The first-order valence-electron chi connectivity index (χ1n) is 6.72. The van der Waals surface area contributed by atoms with Crippen molar-refractivity contribution in [1.82, 2.24) is 0 Å². The maximum atomic E-state index is 9.35. The van der Waals surface area contributed by atoms with E-state index in [0.29, 0.717) is 12.0 Å². The monoisotopic (exact) mass is 255 g/mol. The normalized spacial score (nSPS) is 13.8. The van der Waals surface area contributed by atoms with Crippen molar-refractivity contribution in [3.8, 4) is 0 Å². The summed E-state index contributed by atoms with van der Waals surface area (Å²) in [5.74, 6) is 0.410. The number of benzene rings is 2. The lowest BCUT2D eigenvalue weighted by Crippen LogP contribution is -2.22. The summed E-state index contributed by atoms with van der Waals surface area (Å²) >= 11 is 0. The number of aliphatic hydroxyl groups excluding tert-OH is 1. The molecule has 100 valence electrons. The SMILES string of the molecule is CC(Nc1ccccc1CO)C(C)c1ccccc1. The third-order valence-electron chi connectivity index (χ3n) is 3.65. The number of anilines is 1. The molecule has 0 saturated carbocycles. The molecular formula is C17H21NO. The molecule has 0 amide bonds. The Morgan fingerprint density at radius 1 is 0.947 bits per heavy atom. The number of hydrogen-bond acceptors (Lipinski definition) is 2. The zero-order valence-corrected chi connectivity index (χ0v) is 11.5. The van der Waals surface area contributed by atoms with Crippen LogP contribution in [0.5, 0.6) is 0 Å². The van der Waals surface area contributed by atoms with Crippen LogP contribution in [-0.4, -0.2) is 11.1 Å². The molecule has 0 aromatic heterocycles. The Balaban J connectivity index is 2.10. The van der Waals surface area contributed by atoms with Crippen molar-refractivity contribution >= 4 is 5.69 Å². The van der Waals surface area contributed by atoms with Gasteiger partial charge >= 0.3 is 0 Å². The van der Waals surface area contributed by atoms with Crippen molar-refractivity contribution in [3.63, 3.8) is 0 Å². The molecule has 0 aliphatic carbocycles. The van der Waals surface area contributed by atoms with Gasteiger partial charge in [0.2, 0.25) is 0 Å². The first-order chi connectivity index (χ1) is 9.22. The van der Waals surface area contributed by atoms with Gasteiger partial charge in [-0.05, 0) is 18.6 Å². The van der Waals surface area contributed by atoms with Crippen LogP contribution in [-0.2, 0) is 6.61 Å². The van der Waals surface area contributed by atoms with Crippen LogP contribution in [0.4, 0.5) is 5.69 Å². The highest BCUT2D eigenvalue weighted by molar-refractivity contribution is 5.51. The maximum absolute atomic E-state index is 9.35. The van der Waals surface area contributed by atoms with Gasteiger partial charge in [0.1, 0.15) is 0 Å². The maximum Gasteiger partial charge on any atom is 0.0701 e. The lowest BCUT2D eigenvalue weighted by Gasteiger charge is -2.24. The summed E-state index contributed by atoms with van der Waals surface area (Å²) < 4.78 is 0. The van der Waals surface area contributed by atoms with Crippen molar-refractivity contribution in [3.05, 3.63) is 65.7 Å². The smallest absolute Gasteiger partial charge is 0.0701 e. The fourth-order valence-corrected chi connectivity index (χ4v) is 2.21. The Labute approximate surface area is 115 Å². The van der Waals surface area contributed by atoms with Gasteiger partial charge in [-0.2, -0.15) is 0 Å². The summed E-state index contributed by atoms with van der Waals surface area (Å²) in [5.41, 5.74) is 3.28. The van der Waals surface area contributed by atoms with Gasteiger partial charge in [0, 0.05) is 23.2 Å².